The fourth-order valence-electron chi connectivity index (χ4n) is 2.82. The predicted octanol–water partition coefficient (Wildman–Crippen LogP) is 3.40. The van der Waals surface area contributed by atoms with Crippen LogP contribution >= 0.6 is 0 Å². The number of benzene rings is 2. The zero-order valence-corrected chi connectivity index (χ0v) is 15.6. The molecule has 0 aliphatic heterocycles. The van der Waals surface area contributed by atoms with Crippen LogP contribution in [0.2, 0.25) is 0 Å². The highest BCUT2D eigenvalue weighted by atomic mass is 16.6. The number of aromatic nitrogens is 3. The van der Waals surface area contributed by atoms with E-state index in [0.29, 0.717) is 16.5 Å². The molecule has 0 fully saturated rings. The van der Waals surface area contributed by atoms with Crippen molar-refractivity contribution in [2.45, 2.75) is 13.0 Å². The number of nitro benzene ring substituents is 1. The molecule has 4 rings (SSSR count). The molecule has 150 valence electrons. The highest BCUT2D eigenvalue weighted by molar-refractivity contribution is 5.91. The maximum Gasteiger partial charge on any atom is 0.355 e. The molecule has 0 unspecified atom stereocenters. The highest BCUT2D eigenvalue weighted by Gasteiger charge is 2.21. The first kappa shape index (κ1) is 19.0. The Morgan fingerprint density at radius 2 is 1.90 bits per heavy atom. The minimum absolute atomic E-state index is 0.000609. The Morgan fingerprint density at radius 3 is 2.63 bits per heavy atom. The Kier molecular flexibility index (Phi) is 4.80. The Balaban J connectivity index is 1.52. The zero-order chi connectivity index (χ0) is 21.3. The van der Waals surface area contributed by atoms with Crippen LogP contribution in [0.5, 0.6) is 0 Å². The van der Waals surface area contributed by atoms with E-state index in [1.807, 2.05) is 0 Å². The fraction of sp³-hybridized carbons (Fsp3) is 0.100. The molecule has 2 heterocycles. The number of aromatic amines is 1. The molecule has 1 atom stereocenters. The van der Waals surface area contributed by atoms with Crippen LogP contribution in [0.25, 0.3) is 22.4 Å². The summed E-state index contributed by atoms with van der Waals surface area (Å²) in [6.45, 7) is 1.55. The molecule has 30 heavy (non-hydrogen) atoms. The lowest BCUT2D eigenvalue weighted by Gasteiger charge is -2.09. The number of hydrogen-bond acceptors (Lipinski definition) is 8. The van der Waals surface area contributed by atoms with E-state index in [9.17, 15) is 19.7 Å². The highest BCUT2D eigenvalue weighted by Crippen LogP contribution is 2.24. The normalized spacial score (nSPS) is 11.9. The van der Waals surface area contributed by atoms with E-state index in [2.05, 4.69) is 15.2 Å². The van der Waals surface area contributed by atoms with Crippen LogP contribution in [0, 0.1) is 10.1 Å². The number of nitrogens with one attached hydrogen (secondary N) is 1. The maximum absolute atomic E-state index is 12.5. The third-order valence-electron chi connectivity index (χ3n) is 4.35. The molecule has 2 aromatic heterocycles. The molecule has 1 N–H and O–H groups in total. The Bertz CT molecular complexity index is 1310. The van der Waals surface area contributed by atoms with Crippen molar-refractivity contribution in [3.05, 3.63) is 86.5 Å². The molecule has 10 nitrogen and oxygen atoms in total. The van der Waals surface area contributed by atoms with Gasteiger partial charge in [-0.2, -0.15) is 0 Å². The Labute approximate surface area is 168 Å². The lowest BCUT2D eigenvalue weighted by molar-refractivity contribution is -0.384. The molecule has 0 saturated heterocycles. The van der Waals surface area contributed by atoms with E-state index in [1.54, 1.807) is 31.2 Å². The maximum atomic E-state index is 12.5. The molecule has 0 bridgehead atoms. The first-order valence-corrected chi connectivity index (χ1v) is 8.83. The van der Waals surface area contributed by atoms with Crippen molar-refractivity contribution in [2.75, 3.05) is 0 Å². The fourth-order valence-corrected chi connectivity index (χ4v) is 2.82. The molecule has 10 heteroatoms. The number of H-pyrrole nitrogens is 1. The summed E-state index contributed by atoms with van der Waals surface area (Å²) < 4.78 is 10.9. The van der Waals surface area contributed by atoms with Gasteiger partial charge in [-0.1, -0.05) is 12.1 Å². The van der Waals surface area contributed by atoms with Crippen molar-refractivity contribution in [3.8, 4) is 11.5 Å². The van der Waals surface area contributed by atoms with Gasteiger partial charge in [0.2, 0.25) is 5.89 Å². The number of nitro groups is 1. The first-order valence-electron chi connectivity index (χ1n) is 8.83. The predicted molar refractivity (Wildman–Crippen MR) is 105 cm³/mol. The second-order valence-electron chi connectivity index (χ2n) is 6.39. The van der Waals surface area contributed by atoms with Crippen LogP contribution in [0.4, 0.5) is 5.69 Å². The van der Waals surface area contributed by atoms with Crippen molar-refractivity contribution in [1.29, 1.82) is 0 Å². The topological polar surface area (TPSA) is 141 Å². The quantitative estimate of drug-likeness (QED) is 0.302. The number of hydrogen-bond donors (Lipinski definition) is 1. The van der Waals surface area contributed by atoms with Crippen molar-refractivity contribution in [1.82, 2.24) is 15.2 Å². The second kappa shape index (κ2) is 7.59. The number of carbonyl (C=O) groups excluding carboxylic acids is 1. The summed E-state index contributed by atoms with van der Waals surface area (Å²) in [6, 6.07) is 13.6. The summed E-state index contributed by atoms with van der Waals surface area (Å²) in [5.41, 5.74) is 0.632. The summed E-state index contributed by atoms with van der Waals surface area (Å²) in [6.07, 6.45) is -0.883. The molecule has 0 radical (unpaired) electrons. The van der Waals surface area contributed by atoms with Crippen LogP contribution in [0.15, 0.2) is 63.8 Å². The summed E-state index contributed by atoms with van der Waals surface area (Å²) in [5.74, 6) is -0.581. The lowest BCUT2D eigenvalue weighted by Crippen LogP contribution is -2.14. The van der Waals surface area contributed by atoms with E-state index in [1.165, 1.54) is 30.3 Å². The molecule has 4 aromatic rings. The van der Waals surface area contributed by atoms with Gasteiger partial charge in [0.05, 0.1) is 4.92 Å². The summed E-state index contributed by atoms with van der Waals surface area (Å²) in [5, 5.41) is 18.9. The standard InChI is InChI=1S/C20H14N4O6/c1-11(18-22-23-19(30-18)12-6-8-13(9-7-12)24(27)28)29-20(26)16-10-17(25)14-4-2-3-5-15(14)21-16/h2-11H,1H3,(H,21,25)/t11-/m0/s1. The van der Waals surface area contributed by atoms with Crippen LogP contribution < -0.4 is 5.43 Å². The van der Waals surface area contributed by atoms with Crippen molar-refractivity contribution in [3.63, 3.8) is 0 Å². The Morgan fingerprint density at radius 1 is 1.17 bits per heavy atom. The second-order valence-corrected chi connectivity index (χ2v) is 6.39. The zero-order valence-electron chi connectivity index (χ0n) is 15.6. The lowest BCUT2D eigenvalue weighted by atomic mass is 10.2. The number of esters is 1. The van der Waals surface area contributed by atoms with Crippen molar-refractivity contribution in [2.24, 2.45) is 0 Å². The minimum Gasteiger partial charge on any atom is -0.448 e. The van der Waals surface area contributed by atoms with E-state index < -0.39 is 17.0 Å². The van der Waals surface area contributed by atoms with E-state index in [4.69, 9.17) is 9.15 Å². The molecule has 0 amide bonds. The van der Waals surface area contributed by atoms with E-state index >= 15 is 0 Å². The van der Waals surface area contributed by atoms with Crippen molar-refractivity contribution >= 4 is 22.6 Å². The van der Waals surface area contributed by atoms with Gasteiger partial charge in [0.15, 0.2) is 11.5 Å². The third-order valence-corrected chi connectivity index (χ3v) is 4.35. The van der Waals surface area contributed by atoms with Gasteiger partial charge >= 0.3 is 5.97 Å². The molecule has 0 aliphatic rings. The number of para-hydroxylation sites is 1. The molecular weight excluding hydrogens is 392 g/mol. The van der Waals surface area contributed by atoms with Gasteiger partial charge in [0.1, 0.15) is 5.69 Å². The van der Waals surface area contributed by atoms with Gasteiger partial charge in [0.25, 0.3) is 11.6 Å². The molecule has 0 spiro atoms. The largest absolute Gasteiger partial charge is 0.448 e. The summed E-state index contributed by atoms with van der Waals surface area (Å²) in [4.78, 5) is 37.7. The number of carbonyl (C=O) groups is 1. The number of pyridine rings is 1. The van der Waals surface area contributed by atoms with Gasteiger partial charge < -0.3 is 14.1 Å². The Hall–Kier alpha value is -4.34. The van der Waals surface area contributed by atoms with Crippen molar-refractivity contribution < 1.29 is 18.9 Å². The smallest absolute Gasteiger partial charge is 0.355 e. The summed E-state index contributed by atoms with van der Waals surface area (Å²) >= 11 is 0. The van der Waals surface area contributed by atoms with Crippen LogP contribution in [0.1, 0.15) is 29.4 Å². The molecule has 0 aliphatic carbocycles. The van der Waals surface area contributed by atoms with E-state index in [-0.39, 0.29) is 28.6 Å². The molecular formula is C20H14N4O6. The number of nitrogens with zero attached hydrogens (tertiary/aromatic N) is 3. The summed E-state index contributed by atoms with van der Waals surface area (Å²) in [7, 11) is 0. The van der Waals surface area contributed by atoms with Crippen LogP contribution in [-0.2, 0) is 4.74 Å². The monoisotopic (exact) mass is 406 g/mol. The SMILES string of the molecule is C[C@H](OC(=O)c1cc(=O)c2ccccc2[nH]1)c1nnc(-c2ccc([N+](=O)[O-])cc2)o1. The number of non-ortho nitro benzene ring substituents is 1. The average molecular weight is 406 g/mol. The van der Waals surface area contributed by atoms with E-state index in [0.717, 1.165) is 0 Å². The van der Waals surface area contributed by atoms with Gasteiger partial charge in [-0.3, -0.25) is 14.9 Å². The number of fused-ring (bicyclic) bond motifs is 1. The van der Waals surface area contributed by atoms with Gasteiger partial charge in [0, 0.05) is 34.7 Å². The average Bonchev–Trinajstić information content (AvgIpc) is 3.24. The molecule has 2 aromatic carbocycles. The van der Waals surface area contributed by atoms with Crippen LogP contribution in [-0.4, -0.2) is 26.1 Å². The van der Waals surface area contributed by atoms with Gasteiger partial charge in [-0.25, -0.2) is 4.79 Å². The first-order chi connectivity index (χ1) is 14.4. The van der Waals surface area contributed by atoms with Gasteiger partial charge in [-0.15, -0.1) is 10.2 Å². The molecule has 0 saturated carbocycles. The number of ether oxygens (including phenoxy) is 1. The number of rotatable bonds is 5. The van der Waals surface area contributed by atoms with Gasteiger partial charge in [-0.05, 0) is 31.2 Å². The third kappa shape index (κ3) is 3.65. The minimum atomic E-state index is -0.883. The van der Waals surface area contributed by atoms with Crippen LogP contribution in [0.3, 0.4) is 0 Å².